The molecule has 3 aromatic heterocycles. The van der Waals surface area contributed by atoms with Crippen LogP contribution in [0.3, 0.4) is 0 Å². The summed E-state index contributed by atoms with van der Waals surface area (Å²) < 4.78 is 7.23. The lowest BCUT2D eigenvalue weighted by Crippen LogP contribution is -2.48. The maximum absolute atomic E-state index is 12.9. The molecular formula is C19H23N5O2. The molecule has 1 saturated heterocycles. The molecule has 26 heavy (non-hydrogen) atoms. The first-order chi connectivity index (χ1) is 12.7. The van der Waals surface area contributed by atoms with Gasteiger partial charge in [-0.15, -0.1) is 0 Å². The van der Waals surface area contributed by atoms with Gasteiger partial charge in [0.2, 0.25) is 0 Å². The van der Waals surface area contributed by atoms with Crippen molar-refractivity contribution in [3.8, 4) is 11.5 Å². The van der Waals surface area contributed by atoms with Crippen molar-refractivity contribution >= 4 is 11.6 Å². The smallest absolute Gasteiger partial charge is 0.272 e. The first kappa shape index (κ1) is 16.8. The fourth-order valence-corrected chi connectivity index (χ4v) is 3.37. The molecule has 7 heteroatoms. The van der Waals surface area contributed by atoms with E-state index in [1.807, 2.05) is 29.2 Å². The second-order valence-corrected chi connectivity index (χ2v) is 6.49. The minimum Gasteiger partial charge on any atom is -0.463 e. The molecule has 0 unspecified atom stereocenters. The molecule has 1 aliphatic rings. The van der Waals surface area contributed by atoms with Gasteiger partial charge in [-0.1, -0.05) is 13.8 Å². The molecule has 0 spiro atoms. The van der Waals surface area contributed by atoms with Gasteiger partial charge in [0.25, 0.3) is 5.91 Å². The van der Waals surface area contributed by atoms with Gasteiger partial charge in [0, 0.05) is 37.9 Å². The highest BCUT2D eigenvalue weighted by atomic mass is 16.3. The predicted octanol–water partition coefficient (Wildman–Crippen LogP) is 2.33. The Morgan fingerprint density at radius 2 is 2.00 bits per heavy atom. The van der Waals surface area contributed by atoms with Gasteiger partial charge in [-0.25, -0.2) is 9.50 Å². The molecule has 0 aromatic carbocycles. The third-order valence-electron chi connectivity index (χ3n) is 4.96. The van der Waals surface area contributed by atoms with Crippen LogP contribution in [-0.2, 0) is 6.42 Å². The standard InChI is InChI=1S/C19H23N5O2/c1-3-14-12-16(19(25)23-9-7-22(4-2)8-10-23)20-18-13-15(21-24(14)18)17-6-5-11-26-17/h5-6,11-13H,3-4,7-10H2,1-2H3. The summed E-state index contributed by atoms with van der Waals surface area (Å²) in [6.45, 7) is 8.56. The SMILES string of the molecule is CCc1cc(C(=O)N2CCN(CC)CC2)nc2cc(-c3ccco3)nn12. The lowest BCUT2D eigenvalue weighted by Gasteiger charge is -2.33. The summed E-state index contributed by atoms with van der Waals surface area (Å²) in [4.78, 5) is 21.8. The summed E-state index contributed by atoms with van der Waals surface area (Å²) in [6.07, 6.45) is 2.39. The number of aromatic nitrogens is 3. The molecule has 1 aliphatic heterocycles. The molecule has 0 N–H and O–H groups in total. The molecule has 0 atom stereocenters. The number of carbonyl (C=O) groups is 1. The molecule has 1 fully saturated rings. The number of hydrogen-bond acceptors (Lipinski definition) is 5. The third kappa shape index (κ3) is 2.99. The van der Waals surface area contributed by atoms with Crippen molar-refractivity contribution in [2.24, 2.45) is 0 Å². The van der Waals surface area contributed by atoms with Gasteiger partial charge in [0.05, 0.1) is 6.26 Å². The van der Waals surface area contributed by atoms with Crippen molar-refractivity contribution in [1.82, 2.24) is 24.4 Å². The van der Waals surface area contributed by atoms with Gasteiger partial charge in [0.1, 0.15) is 11.4 Å². The molecule has 1 amide bonds. The number of piperazine rings is 1. The minimum absolute atomic E-state index is 0.00120. The van der Waals surface area contributed by atoms with E-state index in [9.17, 15) is 4.79 Å². The Morgan fingerprint density at radius 3 is 2.65 bits per heavy atom. The van der Waals surface area contributed by atoms with Crippen molar-refractivity contribution in [2.75, 3.05) is 32.7 Å². The summed E-state index contributed by atoms with van der Waals surface area (Å²) >= 11 is 0. The molecule has 0 bridgehead atoms. The van der Waals surface area contributed by atoms with Crippen molar-refractivity contribution in [3.63, 3.8) is 0 Å². The highest BCUT2D eigenvalue weighted by molar-refractivity contribution is 5.93. The number of nitrogens with zero attached hydrogens (tertiary/aromatic N) is 5. The van der Waals surface area contributed by atoms with Gasteiger partial charge in [0.15, 0.2) is 11.4 Å². The first-order valence-corrected chi connectivity index (χ1v) is 9.14. The normalized spacial score (nSPS) is 15.7. The Morgan fingerprint density at radius 1 is 1.19 bits per heavy atom. The average Bonchev–Trinajstić information content (AvgIpc) is 3.35. The van der Waals surface area contributed by atoms with Crippen molar-refractivity contribution in [1.29, 1.82) is 0 Å². The Balaban J connectivity index is 1.66. The van der Waals surface area contributed by atoms with E-state index in [1.54, 1.807) is 10.8 Å². The van der Waals surface area contributed by atoms with Crippen LogP contribution >= 0.6 is 0 Å². The zero-order chi connectivity index (χ0) is 18.1. The summed E-state index contributed by atoms with van der Waals surface area (Å²) in [5, 5.41) is 4.59. The minimum atomic E-state index is -0.00120. The van der Waals surface area contributed by atoms with Crippen molar-refractivity contribution in [2.45, 2.75) is 20.3 Å². The number of furan rings is 1. The molecule has 0 saturated carbocycles. The zero-order valence-electron chi connectivity index (χ0n) is 15.2. The van der Waals surface area contributed by atoms with E-state index in [2.05, 4.69) is 28.8 Å². The maximum Gasteiger partial charge on any atom is 0.272 e. The van der Waals surface area contributed by atoms with Gasteiger partial charge in [-0.3, -0.25) is 4.79 Å². The van der Waals surface area contributed by atoms with Gasteiger partial charge in [-0.2, -0.15) is 5.10 Å². The van der Waals surface area contributed by atoms with Crippen LogP contribution < -0.4 is 0 Å². The molecule has 7 nitrogen and oxygen atoms in total. The summed E-state index contributed by atoms with van der Waals surface area (Å²) in [7, 11) is 0. The number of aryl methyl sites for hydroxylation is 1. The fourth-order valence-electron chi connectivity index (χ4n) is 3.37. The zero-order valence-corrected chi connectivity index (χ0v) is 15.2. The van der Waals surface area contributed by atoms with E-state index in [-0.39, 0.29) is 5.91 Å². The Bertz CT molecular complexity index is 908. The Kier molecular flexibility index (Phi) is 4.46. The number of carbonyl (C=O) groups excluding carboxylic acids is 1. The van der Waals surface area contributed by atoms with Gasteiger partial charge >= 0.3 is 0 Å². The van der Waals surface area contributed by atoms with Crippen LogP contribution in [0.1, 0.15) is 30.0 Å². The molecule has 136 valence electrons. The third-order valence-corrected chi connectivity index (χ3v) is 4.96. The van der Waals surface area contributed by atoms with E-state index in [1.165, 1.54) is 0 Å². The molecule has 4 heterocycles. The molecule has 0 radical (unpaired) electrons. The average molecular weight is 353 g/mol. The van der Waals surface area contributed by atoms with E-state index in [0.29, 0.717) is 17.1 Å². The largest absolute Gasteiger partial charge is 0.463 e. The van der Waals surface area contributed by atoms with Crippen LogP contribution in [-0.4, -0.2) is 63.0 Å². The monoisotopic (exact) mass is 353 g/mol. The number of fused-ring (bicyclic) bond motifs is 1. The van der Waals surface area contributed by atoms with Crippen molar-refractivity contribution < 1.29 is 9.21 Å². The highest BCUT2D eigenvalue weighted by Crippen LogP contribution is 2.21. The van der Waals surface area contributed by atoms with Crippen LogP contribution in [0.2, 0.25) is 0 Å². The lowest BCUT2D eigenvalue weighted by molar-refractivity contribution is 0.0637. The number of amides is 1. The van der Waals surface area contributed by atoms with Crippen LogP contribution in [0.15, 0.2) is 34.9 Å². The quantitative estimate of drug-likeness (QED) is 0.720. The predicted molar refractivity (Wildman–Crippen MR) is 98.1 cm³/mol. The van der Waals surface area contributed by atoms with Gasteiger partial charge < -0.3 is 14.2 Å². The van der Waals surface area contributed by atoms with Crippen LogP contribution in [0.4, 0.5) is 0 Å². The molecular weight excluding hydrogens is 330 g/mol. The Labute approximate surface area is 152 Å². The van der Waals surface area contributed by atoms with Crippen LogP contribution in [0, 0.1) is 0 Å². The Hall–Kier alpha value is -2.67. The lowest BCUT2D eigenvalue weighted by atomic mass is 10.2. The second kappa shape index (κ2) is 6.92. The van der Waals surface area contributed by atoms with E-state index >= 15 is 0 Å². The highest BCUT2D eigenvalue weighted by Gasteiger charge is 2.23. The summed E-state index contributed by atoms with van der Waals surface area (Å²) in [6, 6.07) is 7.43. The number of likely N-dealkylation sites (N-methyl/N-ethyl adjacent to an activating group) is 1. The number of hydrogen-bond donors (Lipinski definition) is 0. The molecule has 4 rings (SSSR count). The maximum atomic E-state index is 12.9. The van der Waals surface area contributed by atoms with Crippen LogP contribution in [0.25, 0.3) is 17.1 Å². The second-order valence-electron chi connectivity index (χ2n) is 6.49. The van der Waals surface area contributed by atoms with E-state index in [0.717, 1.165) is 50.5 Å². The van der Waals surface area contributed by atoms with Crippen molar-refractivity contribution in [3.05, 3.63) is 41.9 Å². The molecule has 0 aliphatic carbocycles. The fraction of sp³-hybridized carbons (Fsp3) is 0.421. The molecule has 3 aromatic rings. The van der Waals surface area contributed by atoms with Gasteiger partial charge in [-0.05, 0) is 31.2 Å². The summed E-state index contributed by atoms with van der Waals surface area (Å²) in [5.41, 5.74) is 2.85. The topological polar surface area (TPSA) is 66.9 Å². The van der Waals surface area contributed by atoms with Crippen LogP contribution in [0.5, 0.6) is 0 Å². The summed E-state index contributed by atoms with van der Waals surface area (Å²) in [5.74, 6) is 0.694. The number of rotatable bonds is 4. The van der Waals surface area contributed by atoms with E-state index < -0.39 is 0 Å². The first-order valence-electron chi connectivity index (χ1n) is 9.14. The van der Waals surface area contributed by atoms with E-state index in [4.69, 9.17) is 4.42 Å².